The highest BCUT2D eigenvalue weighted by molar-refractivity contribution is 5.92. The number of amides is 4. The fourth-order valence-corrected chi connectivity index (χ4v) is 6.34. The van der Waals surface area contributed by atoms with E-state index < -0.39 is 17.9 Å². The minimum absolute atomic E-state index is 0.0354. The van der Waals surface area contributed by atoms with Crippen LogP contribution in [0.5, 0.6) is 11.5 Å². The Labute approximate surface area is 375 Å². The lowest BCUT2D eigenvalue weighted by molar-refractivity contribution is -0.138. The number of nitrogens with one attached hydrogen (secondary N) is 4. The molecule has 0 unspecified atom stereocenters. The normalized spacial score (nSPS) is 10.6. The first-order valence-electron chi connectivity index (χ1n) is 22.2. The molecule has 0 radical (unpaired) electrons. The molecule has 0 aliphatic heterocycles. The molecule has 0 bridgehead atoms. The molecular weight excluding hydrogens is 825 g/mol. The number of hydrogen-bond acceptors (Lipinski definition) is 10. The van der Waals surface area contributed by atoms with Crippen molar-refractivity contribution in [2.24, 2.45) is 0 Å². The van der Waals surface area contributed by atoms with Gasteiger partial charge in [0.15, 0.2) is 13.2 Å². The van der Waals surface area contributed by atoms with E-state index in [2.05, 4.69) is 21.3 Å². The second kappa shape index (κ2) is 31.4. The second-order valence-electron chi connectivity index (χ2n) is 15.3. The lowest BCUT2D eigenvalue weighted by atomic mass is 10.0. The molecule has 0 aromatic heterocycles. The van der Waals surface area contributed by atoms with Crippen LogP contribution in [-0.2, 0) is 40.1 Å². The average molecular weight is 889 g/mol. The maximum absolute atomic E-state index is 13.2. The zero-order valence-corrected chi connectivity index (χ0v) is 36.7. The maximum Gasteiger partial charge on any atom is 0.338 e. The van der Waals surface area contributed by atoms with Crippen LogP contribution in [0.1, 0.15) is 119 Å². The van der Waals surface area contributed by atoms with Gasteiger partial charge < -0.3 is 45.7 Å². The summed E-state index contributed by atoms with van der Waals surface area (Å²) in [5.74, 6) is -2.16. The van der Waals surface area contributed by atoms with Gasteiger partial charge in [0.2, 0.25) is 11.8 Å². The van der Waals surface area contributed by atoms with E-state index in [1.807, 2.05) is 30.3 Å². The van der Waals surface area contributed by atoms with Crippen LogP contribution in [-0.4, -0.2) is 91.1 Å². The van der Waals surface area contributed by atoms with Gasteiger partial charge in [-0.2, -0.15) is 0 Å². The minimum atomic E-state index is -0.816. The van der Waals surface area contributed by atoms with Crippen LogP contribution in [0, 0.1) is 0 Å². The average Bonchev–Trinajstić information content (AvgIpc) is 3.28. The number of carboxylic acids is 2. The summed E-state index contributed by atoms with van der Waals surface area (Å²) in [5, 5.41) is 28.7. The molecule has 348 valence electrons. The molecule has 4 amide bonds. The highest BCUT2D eigenvalue weighted by Gasteiger charge is 2.15. The Hall–Kier alpha value is -6.45. The van der Waals surface area contributed by atoms with E-state index in [4.69, 9.17) is 24.4 Å². The van der Waals surface area contributed by atoms with Gasteiger partial charge in [0.05, 0.1) is 5.56 Å². The van der Waals surface area contributed by atoms with Crippen molar-refractivity contribution >= 4 is 41.5 Å². The van der Waals surface area contributed by atoms with Gasteiger partial charge in [0.1, 0.15) is 18.1 Å². The predicted octanol–water partition coefficient (Wildman–Crippen LogP) is 6.34. The van der Waals surface area contributed by atoms with Crippen molar-refractivity contribution in [1.29, 1.82) is 0 Å². The fraction of sp³-hybridized carbons (Fsp3) is 0.479. The van der Waals surface area contributed by atoms with Crippen molar-refractivity contribution < 1.29 is 58.0 Å². The summed E-state index contributed by atoms with van der Waals surface area (Å²) in [6, 6.07) is 21.2. The topological polar surface area (TPSA) is 236 Å². The van der Waals surface area contributed by atoms with E-state index in [9.17, 15) is 33.6 Å². The first kappa shape index (κ1) is 51.9. The molecule has 3 aromatic carbocycles. The second-order valence-corrected chi connectivity index (χ2v) is 15.3. The lowest BCUT2D eigenvalue weighted by Gasteiger charge is -2.13. The maximum atomic E-state index is 13.2. The number of carbonyl (C=O) groups excluding carboxylic acids is 5. The summed E-state index contributed by atoms with van der Waals surface area (Å²) in [7, 11) is 0. The van der Waals surface area contributed by atoms with E-state index in [0.29, 0.717) is 88.9 Å². The number of benzene rings is 3. The van der Waals surface area contributed by atoms with Gasteiger partial charge >= 0.3 is 17.9 Å². The van der Waals surface area contributed by atoms with E-state index in [1.54, 1.807) is 36.4 Å². The lowest BCUT2D eigenvalue weighted by Crippen LogP contribution is -2.29. The van der Waals surface area contributed by atoms with Crippen LogP contribution in [0.2, 0.25) is 0 Å². The summed E-state index contributed by atoms with van der Waals surface area (Å²) in [6.45, 7) is 1.51. The Morgan fingerprint density at radius 1 is 0.438 bits per heavy atom. The van der Waals surface area contributed by atoms with Gasteiger partial charge in [-0.05, 0) is 98.4 Å². The SMILES string of the molecule is O=C(O)CCCCCNC(=O)CCCCCNC(=O)COc1ccc(-c2cc(OCC(=O)NCCCCCC(=O)NCCCCCC(=O)O)cc(C(=O)OCc3ccccc3)c2)cc1. The van der Waals surface area contributed by atoms with Crippen molar-refractivity contribution in [2.45, 2.75) is 109 Å². The van der Waals surface area contributed by atoms with Crippen molar-refractivity contribution in [3.05, 3.63) is 83.9 Å². The molecule has 16 heteroatoms. The molecule has 0 saturated heterocycles. The molecule has 0 fully saturated rings. The Kier molecular flexibility index (Phi) is 25.5. The molecule has 0 heterocycles. The number of rotatable bonds is 34. The van der Waals surface area contributed by atoms with Gasteiger partial charge in [-0.1, -0.05) is 68.1 Å². The molecule has 0 spiro atoms. The third kappa shape index (κ3) is 24.3. The molecule has 64 heavy (non-hydrogen) atoms. The van der Waals surface area contributed by atoms with Crippen LogP contribution in [0.25, 0.3) is 11.1 Å². The van der Waals surface area contributed by atoms with Crippen molar-refractivity contribution in [2.75, 3.05) is 39.4 Å². The first-order valence-corrected chi connectivity index (χ1v) is 22.2. The van der Waals surface area contributed by atoms with Crippen molar-refractivity contribution in [3.63, 3.8) is 0 Å². The zero-order chi connectivity index (χ0) is 46.2. The Bertz CT molecular complexity index is 1910. The molecule has 3 aromatic rings. The van der Waals surface area contributed by atoms with Gasteiger partial charge in [-0.25, -0.2) is 4.79 Å². The van der Waals surface area contributed by atoms with E-state index in [1.165, 1.54) is 6.07 Å². The quantitative estimate of drug-likeness (QED) is 0.0285. The summed E-state index contributed by atoms with van der Waals surface area (Å²) in [5.41, 5.74) is 2.40. The summed E-state index contributed by atoms with van der Waals surface area (Å²) < 4.78 is 17.1. The Morgan fingerprint density at radius 2 is 0.891 bits per heavy atom. The molecule has 0 atom stereocenters. The molecular formula is C48H64N4O12. The standard InChI is InChI=1S/C48H64N4O12/c53-42(49-26-14-4-10-20-46(57)58)18-8-2-12-28-51-44(55)34-62-40-24-22-37(23-25-40)38-30-39(48(61)64-33-36-16-6-1-7-17-36)32-41(31-38)63-35-45(56)52-29-13-3-9-19-43(54)50-27-15-5-11-21-47(59)60/h1,6-7,16-17,22-25,30-32H,2-5,8-15,18-21,26-29,33-35H2,(H,49,53)(H,50,54)(H,51,55)(H,52,56)(H,57,58)(H,59,60). The summed E-state index contributed by atoms with van der Waals surface area (Å²) in [4.78, 5) is 83.4. The van der Waals surface area contributed by atoms with Gasteiger partial charge in [-0.3, -0.25) is 28.8 Å². The molecule has 0 aliphatic rings. The predicted molar refractivity (Wildman–Crippen MR) is 240 cm³/mol. The van der Waals surface area contributed by atoms with E-state index >= 15 is 0 Å². The molecule has 0 aliphatic carbocycles. The molecule has 6 N–H and O–H groups in total. The van der Waals surface area contributed by atoms with Crippen molar-refractivity contribution in [3.8, 4) is 22.6 Å². The van der Waals surface area contributed by atoms with Gasteiger partial charge in [0.25, 0.3) is 11.8 Å². The smallest absolute Gasteiger partial charge is 0.338 e. The van der Waals surface area contributed by atoms with Crippen LogP contribution in [0.3, 0.4) is 0 Å². The first-order chi connectivity index (χ1) is 31.0. The Morgan fingerprint density at radius 3 is 1.38 bits per heavy atom. The largest absolute Gasteiger partial charge is 0.484 e. The van der Waals surface area contributed by atoms with E-state index in [-0.39, 0.29) is 67.6 Å². The number of esters is 1. The minimum Gasteiger partial charge on any atom is -0.484 e. The van der Waals surface area contributed by atoms with Crippen LogP contribution >= 0.6 is 0 Å². The number of carboxylic acid groups (broad SMARTS) is 2. The molecule has 16 nitrogen and oxygen atoms in total. The van der Waals surface area contributed by atoms with Crippen LogP contribution in [0.4, 0.5) is 0 Å². The van der Waals surface area contributed by atoms with Gasteiger partial charge in [-0.15, -0.1) is 0 Å². The zero-order valence-electron chi connectivity index (χ0n) is 36.7. The summed E-state index contributed by atoms with van der Waals surface area (Å²) in [6.07, 6.45) is 9.50. The fourth-order valence-electron chi connectivity index (χ4n) is 6.34. The number of hydrogen-bond donors (Lipinski definition) is 6. The monoisotopic (exact) mass is 888 g/mol. The number of unbranched alkanes of at least 4 members (excludes halogenated alkanes) is 8. The van der Waals surface area contributed by atoms with Crippen LogP contribution in [0.15, 0.2) is 72.8 Å². The third-order valence-corrected chi connectivity index (χ3v) is 9.87. The third-order valence-electron chi connectivity index (χ3n) is 9.87. The number of ether oxygens (including phenoxy) is 3. The number of aliphatic carboxylic acids is 2. The number of carbonyl (C=O) groups is 7. The highest BCUT2D eigenvalue weighted by atomic mass is 16.5. The van der Waals surface area contributed by atoms with E-state index in [0.717, 1.165) is 49.7 Å². The summed E-state index contributed by atoms with van der Waals surface area (Å²) >= 11 is 0. The van der Waals surface area contributed by atoms with Gasteiger partial charge in [0, 0.05) is 51.9 Å². The van der Waals surface area contributed by atoms with Crippen molar-refractivity contribution in [1.82, 2.24) is 21.3 Å². The molecule has 3 rings (SSSR count). The molecule has 0 saturated carbocycles. The Balaban J connectivity index is 1.42. The van der Waals surface area contributed by atoms with Crippen LogP contribution < -0.4 is 30.7 Å². The highest BCUT2D eigenvalue weighted by Crippen LogP contribution is 2.28.